The quantitative estimate of drug-likeness (QED) is 0.574. The van der Waals surface area contributed by atoms with Crippen molar-refractivity contribution in [2.45, 2.75) is 24.3 Å². The molecule has 9 heteroatoms. The molecule has 0 spiro atoms. The van der Waals surface area contributed by atoms with Crippen molar-refractivity contribution in [3.05, 3.63) is 33.9 Å². The third kappa shape index (κ3) is 4.95. The van der Waals surface area contributed by atoms with E-state index in [0.717, 1.165) is 6.07 Å². The maximum Gasteiger partial charge on any atom is 0.269 e. The van der Waals surface area contributed by atoms with Crippen LogP contribution in [0.1, 0.15) is 12.5 Å². The van der Waals surface area contributed by atoms with Crippen molar-refractivity contribution in [1.82, 2.24) is 4.72 Å². The van der Waals surface area contributed by atoms with Crippen LogP contribution in [0.15, 0.2) is 23.1 Å². The van der Waals surface area contributed by atoms with Gasteiger partial charge in [0.25, 0.3) is 5.69 Å². The Morgan fingerprint density at radius 3 is 2.57 bits per heavy atom. The molecule has 118 valence electrons. The Morgan fingerprint density at radius 2 is 2.10 bits per heavy atom. The van der Waals surface area contributed by atoms with Crippen LogP contribution < -0.4 is 4.72 Å². The third-order valence-corrected chi connectivity index (χ3v) is 5.23. The minimum Gasteiger partial charge on any atom is -0.388 e. The molecule has 7 nitrogen and oxygen atoms in total. The summed E-state index contributed by atoms with van der Waals surface area (Å²) in [5.74, 6) is 0.384. The Labute approximate surface area is 128 Å². The summed E-state index contributed by atoms with van der Waals surface area (Å²) >= 11 is 1.40. The molecule has 21 heavy (non-hydrogen) atoms. The molecule has 0 fully saturated rings. The monoisotopic (exact) mass is 334 g/mol. The first-order chi connectivity index (χ1) is 9.59. The number of nitro benzene ring substituents is 1. The summed E-state index contributed by atoms with van der Waals surface area (Å²) in [6, 6.07) is 3.54. The van der Waals surface area contributed by atoms with E-state index in [-0.39, 0.29) is 22.7 Å². The highest BCUT2D eigenvalue weighted by molar-refractivity contribution is 7.98. The van der Waals surface area contributed by atoms with Crippen molar-refractivity contribution in [3.8, 4) is 0 Å². The van der Waals surface area contributed by atoms with Gasteiger partial charge >= 0.3 is 0 Å². The van der Waals surface area contributed by atoms with Gasteiger partial charge in [0.1, 0.15) is 0 Å². The molecule has 0 unspecified atom stereocenters. The molecule has 1 aromatic carbocycles. The van der Waals surface area contributed by atoms with Crippen molar-refractivity contribution in [2.24, 2.45) is 0 Å². The first-order valence-corrected chi connectivity index (χ1v) is 8.93. The Bertz CT molecular complexity index is 629. The van der Waals surface area contributed by atoms with Gasteiger partial charge in [-0.25, -0.2) is 13.1 Å². The normalized spacial score (nSPS) is 14.7. The third-order valence-electron chi connectivity index (χ3n) is 2.76. The van der Waals surface area contributed by atoms with Crippen molar-refractivity contribution in [1.29, 1.82) is 0 Å². The molecule has 1 rings (SSSR count). The van der Waals surface area contributed by atoms with E-state index < -0.39 is 20.5 Å². The average Bonchev–Trinajstić information content (AvgIpc) is 2.36. The number of sulfonamides is 1. The molecule has 0 aliphatic heterocycles. The van der Waals surface area contributed by atoms with E-state index in [9.17, 15) is 23.6 Å². The van der Waals surface area contributed by atoms with E-state index in [1.54, 1.807) is 0 Å². The van der Waals surface area contributed by atoms with Crippen LogP contribution in [0.4, 0.5) is 5.69 Å². The molecule has 0 saturated heterocycles. The van der Waals surface area contributed by atoms with E-state index in [4.69, 9.17) is 0 Å². The van der Waals surface area contributed by atoms with Crippen LogP contribution in [0.3, 0.4) is 0 Å². The smallest absolute Gasteiger partial charge is 0.269 e. The number of hydrogen-bond donors (Lipinski definition) is 2. The second-order valence-corrected chi connectivity index (χ2v) is 7.56. The highest BCUT2D eigenvalue weighted by Crippen LogP contribution is 2.21. The summed E-state index contributed by atoms with van der Waals surface area (Å²) in [5, 5.41) is 20.6. The van der Waals surface area contributed by atoms with Crippen molar-refractivity contribution in [3.63, 3.8) is 0 Å². The average molecular weight is 334 g/mol. The minimum absolute atomic E-state index is 0.0342. The zero-order valence-electron chi connectivity index (χ0n) is 12.0. The maximum atomic E-state index is 12.2. The van der Waals surface area contributed by atoms with Gasteiger partial charge in [0.2, 0.25) is 10.0 Å². The Hall–Kier alpha value is -1.16. The molecular formula is C12H18N2O5S2. The molecule has 0 radical (unpaired) electrons. The van der Waals surface area contributed by atoms with Crippen LogP contribution in [0.2, 0.25) is 0 Å². The predicted octanol–water partition coefficient (Wildman–Crippen LogP) is 1.30. The fourth-order valence-electron chi connectivity index (χ4n) is 1.74. The number of non-ortho nitro benzene ring substituents is 1. The van der Waals surface area contributed by atoms with Crippen LogP contribution in [0.5, 0.6) is 0 Å². The molecule has 1 aromatic rings. The number of nitrogens with one attached hydrogen (secondary N) is 1. The topological polar surface area (TPSA) is 110 Å². The van der Waals surface area contributed by atoms with Crippen LogP contribution in [0, 0.1) is 17.0 Å². The number of benzene rings is 1. The molecule has 0 heterocycles. The van der Waals surface area contributed by atoms with E-state index in [0.29, 0.717) is 5.75 Å². The van der Waals surface area contributed by atoms with E-state index in [1.807, 2.05) is 6.26 Å². The Balaban J connectivity index is 2.96. The first kappa shape index (κ1) is 17.9. The highest BCUT2D eigenvalue weighted by atomic mass is 32.2. The Morgan fingerprint density at radius 1 is 1.48 bits per heavy atom. The predicted molar refractivity (Wildman–Crippen MR) is 82.0 cm³/mol. The van der Waals surface area contributed by atoms with Crippen molar-refractivity contribution >= 4 is 27.5 Å². The van der Waals surface area contributed by atoms with Crippen LogP contribution in [-0.4, -0.2) is 42.6 Å². The lowest BCUT2D eigenvalue weighted by Gasteiger charge is -2.22. The SMILES string of the molecule is CSC[C@](C)(O)CNS(=O)(=O)c1ccc([N+](=O)[O-])cc1C. The molecule has 0 aromatic heterocycles. The second-order valence-electron chi connectivity index (χ2n) is 4.96. The number of rotatable bonds is 7. The summed E-state index contributed by atoms with van der Waals surface area (Å²) in [4.78, 5) is 10.0. The minimum atomic E-state index is -3.83. The van der Waals surface area contributed by atoms with E-state index in [2.05, 4.69) is 4.72 Å². The Kier molecular flexibility index (Phi) is 5.74. The van der Waals surface area contributed by atoms with Gasteiger partial charge in [-0.05, 0) is 31.7 Å². The number of nitro groups is 1. The molecule has 0 bridgehead atoms. The van der Waals surface area contributed by atoms with Crippen molar-refractivity contribution in [2.75, 3.05) is 18.6 Å². The summed E-state index contributed by atoms with van der Waals surface area (Å²) in [5.41, 5.74) is -1.05. The van der Waals surface area contributed by atoms with E-state index >= 15 is 0 Å². The number of aliphatic hydroxyl groups is 1. The summed E-state index contributed by atoms with van der Waals surface area (Å²) in [6.45, 7) is 2.89. The standard InChI is InChI=1S/C12H18N2O5S2/c1-9-6-10(14(16)17)4-5-11(9)21(18,19)13-7-12(2,15)8-20-3/h4-6,13,15H,7-8H2,1-3H3/t12-/m1/s1. The number of nitrogens with zero attached hydrogens (tertiary/aromatic N) is 1. The fourth-order valence-corrected chi connectivity index (χ4v) is 3.85. The van der Waals surface area contributed by atoms with Crippen LogP contribution in [-0.2, 0) is 10.0 Å². The van der Waals surface area contributed by atoms with Gasteiger partial charge in [0.15, 0.2) is 0 Å². The summed E-state index contributed by atoms with van der Waals surface area (Å²) in [7, 11) is -3.83. The molecule has 0 aliphatic rings. The molecule has 0 aliphatic carbocycles. The summed E-state index contributed by atoms with van der Waals surface area (Å²) in [6.07, 6.45) is 1.81. The molecule has 2 N–H and O–H groups in total. The van der Waals surface area contributed by atoms with Gasteiger partial charge in [-0.3, -0.25) is 10.1 Å². The molecule has 0 amide bonds. The lowest BCUT2D eigenvalue weighted by molar-refractivity contribution is -0.385. The number of hydrogen-bond acceptors (Lipinski definition) is 6. The summed E-state index contributed by atoms with van der Waals surface area (Å²) < 4.78 is 26.7. The van der Waals surface area contributed by atoms with Gasteiger partial charge < -0.3 is 5.11 Å². The number of aryl methyl sites for hydroxylation is 1. The van der Waals surface area contributed by atoms with Gasteiger partial charge in [-0.15, -0.1) is 0 Å². The maximum absolute atomic E-state index is 12.2. The van der Waals surface area contributed by atoms with E-state index in [1.165, 1.54) is 37.7 Å². The molecule has 1 atom stereocenters. The van der Waals surface area contributed by atoms with Crippen molar-refractivity contribution < 1.29 is 18.4 Å². The first-order valence-electron chi connectivity index (χ1n) is 6.05. The van der Waals surface area contributed by atoms with Crippen LogP contribution >= 0.6 is 11.8 Å². The zero-order chi connectivity index (χ0) is 16.3. The zero-order valence-corrected chi connectivity index (χ0v) is 13.6. The lowest BCUT2D eigenvalue weighted by atomic mass is 10.1. The van der Waals surface area contributed by atoms with Gasteiger partial charge in [-0.2, -0.15) is 11.8 Å². The largest absolute Gasteiger partial charge is 0.388 e. The van der Waals surface area contributed by atoms with Gasteiger partial charge in [0, 0.05) is 24.4 Å². The molecule has 0 saturated carbocycles. The van der Waals surface area contributed by atoms with Gasteiger partial charge in [-0.1, -0.05) is 0 Å². The number of thioether (sulfide) groups is 1. The second kappa shape index (κ2) is 6.73. The van der Waals surface area contributed by atoms with Crippen LogP contribution in [0.25, 0.3) is 0 Å². The highest BCUT2D eigenvalue weighted by Gasteiger charge is 2.25. The lowest BCUT2D eigenvalue weighted by Crippen LogP contribution is -2.42. The fraction of sp³-hybridized carbons (Fsp3) is 0.500. The molecular weight excluding hydrogens is 316 g/mol. The van der Waals surface area contributed by atoms with Gasteiger partial charge in [0.05, 0.1) is 15.4 Å².